The minimum absolute atomic E-state index is 1.13. The average Bonchev–Trinajstić information content (AvgIpc) is 3.58. The third-order valence-corrected chi connectivity index (χ3v) is 11.6. The summed E-state index contributed by atoms with van der Waals surface area (Å²) >= 11 is 1.87. The Morgan fingerprint density at radius 2 is 0.843 bits per heavy atom. The van der Waals surface area contributed by atoms with Crippen molar-refractivity contribution in [3.05, 3.63) is 188 Å². The van der Waals surface area contributed by atoms with Gasteiger partial charge in [0, 0.05) is 26.8 Å². The number of nitrogens with zero attached hydrogens (tertiary/aromatic N) is 1. The Morgan fingerprint density at radius 1 is 0.373 bits per heavy atom. The fourth-order valence-corrected chi connectivity index (χ4v) is 9.22. The summed E-state index contributed by atoms with van der Waals surface area (Å²) in [6, 6.07) is 66.7. The first-order chi connectivity index (χ1) is 25.2. The topological polar surface area (TPSA) is 3.24 Å². The summed E-state index contributed by atoms with van der Waals surface area (Å²) in [5, 5.41) is 10.4. The van der Waals surface area contributed by atoms with Gasteiger partial charge in [-0.25, -0.2) is 0 Å². The molecule has 51 heavy (non-hydrogen) atoms. The number of hydrogen-bond donors (Lipinski definition) is 0. The van der Waals surface area contributed by atoms with E-state index in [2.05, 4.69) is 194 Å². The van der Waals surface area contributed by atoms with Gasteiger partial charge in [-0.1, -0.05) is 146 Å². The lowest BCUT2D eigenvalue weighted by atomic mass is 9.89. The van der Waals surface area contributed by atoms with Crippen LogP contribution in [0.15, 0.2) is 182 Å². The summed E-state index contributed by atoms with van der Waals surface area (Å²) in [6.07, 6.45) is 0. The van der Waals surface area contributed by atoms with Gasteiger partial charge in [0.1, 0.15) is 0 Å². The Bertz CT molecular complexity index is 2870. The van der Waals surface area contributed by atoms with E-state index >= 15 is 0 Å². The first-order valence-electron chi connectivity index (χ1n) is 17.5. The van der Waals surface area contributed by atoms with Crippen LogP contribution in [0.2, 0.25) is 0 Å². The molecule has 1 heterocycles. The Labute approximate surface area is 301 Å². The maximum absolute atomic E-state index is 2.43. The zero-order valence-electron chi connectivity index (χ0n) is 28.2. The molecule has 1 aromatic heterocycles. The van der Waals surface area contributed by atoms with Gasteiger partial charge in [-0.3, -0.25) is 0 Å². The molecule has 0 amide bonds. The fourth-order valence-electron chi connectivity index (χ4n) is 8.01. The third-order valence-electron chi connectivity index (χ3n) is 10.4. The van der Waals surface area contributed by atoms with E-state index in [4.69, 9.17) is 0 Å². The van der Waals surface area contributed by atoms with Gasteiger partial charge < -0.3 is 4.90 Å². The minimum Gasteiger partial charge on any atom is -0.309 e. The molecule has 10 aromatic rings. The van der Waals surface area contributed by atoms with Crippen molar-refractivity contribution in [3.8, 4) is 22.3 Å². The van der Waals surface area contributed by atoms with E-state index in [1.54, 1.807) is 0 Å². The normalized spacial score (nSPS) is 11.6. The minimum atomic E-state index is 1.13. The van der Waals surface area contributed by atoms with E-state index < -0.39 is 0 Å². The summed E-state index contributed by atoms with van der Waals surface area (Å²) in [7, 11) is 0. The number of aryl methyl sites for hydroxylation is 1. The molecular weight excluding hydrogens is 635 g/mol. The summed E-state index contributed by atoms with van der Waals surface area (Å²) < 4.78 is 2.60. The van der Waals surface area contributed by atoms with Crippen LogP contribution in [0.3, 0.4) is 0 Å². The first kappa shape index (κ1) is 29.7. The van der Waals surface area contributed by atoms with Crippen LogP contribution < -0.4 is 4.90 Å². The van der Waals surface area contributed by atoms with Gasteiger partial charge in [0.15, 0.2) is 0 Å². The van der Waals surface area contributed by atoms with Crippen molar-refractivity contribution < 1.29 is 0 Å². The highest BCUT2D eigenvalue weighted by atomic mass is 32.1. The molecule has 0 spiro atoms. The quantitative estimate of drug-likeness (QED) is 0.165. The molecule has 0 aliphatic heterocycles. The maximum Gasteiger partial charge on any atom is 0.0640 e. The molecule has 9 aromatic carbocycles. The molecule has 0 unspecified atom stereocenters. The Balaban J connectivity index is 1.15. The van der Waals surface area contributed by atoms with E-state index in [9.17, 15) is 0 Å². The summed E-state index contributed by atoms with van der Waals surface area (Å²) in [5.74, 6) is 0. The SMILES string of the molecule is Cc1ccccc1-c1ccc(N(c2ccc(-c3cccc4c5ccccc5c5ccccc5c34)cc2)c2cccc3c2sc2ccccc23)cc1. The predicted octanol–water partition coefficient (Wildman–Crippen LogP) is 14.6. The molecule has 0 aliphatic rings. The zero-order chi connectivity index (χ0) is 33.9. The lowest BCUT2D eigenvalue weighted by molar-refractivity contribution is 1.30. The lowest BCUT2D eigenvalue weighted by Crippen LogP contribution is -2.10. The largest absolute Gasteiger partial charge is 0.309 e. The van der Waals surface area contributed by atoms with E-state index in [1.165, 1.54) is 86.0 Å². The molecule has 0 atom stereocenters. The summed E-state index contributed by atoms with van der Waals surface area (Å²) in [5.41, 5.74) is 9.68. The van der Waals surface area contributed by atoms with E-state index in [1.807, 2.05) is 11.3 Å². The standard InChI is InChI=1S/C49H33NS/c1-32-12-2-3-13-37(32)33-24-28-35(29-25-33)50(46-22-11-21-45-42-17-8-9-23-47(42)51-49(45)46)36-30-26-34(27-31-36)38-19-10-20-44-41-15-5-4-14-39(41)40-16-6-7-18-43(40)48(38)44/h2-31H,1H3. The molecule has 0 fully saturated rings. The van der Waals surface area contributed by atoms with Crippen LogP contribution >= 0.6 is 11.3 Å². The van der Waals surface area contributed by atoms with Gasteiger partial charge in [0.2, 0.25) is 0 Å². The van der Waals surface area contributed by atoms with Crippen LogP contribution in [0.1, 0.15) is 5.56 Å². The van der Waals surface area contributed by atoms with Gasteiger partial charge in [-0.05, 0) is 103 Å². The summed E-state index contributed by atoms with van der Waals surface area (Å²) in [6.45, 7) is 2.18. The number of rotatable bonds is 5. The lowest BCUT2D eigenvalue weighted by Gasteiger charge is -2.26. The molecule has 0 radical (unpaired) electrons. The van der Waals surface area contributed by atoms with Gasteiger partial charge in [-0.15, -0.1) is 11.3 Å². The Morgan fingerprint density at radius 3 is 1.51 bits per heavy atom. The molecule has 0 saturated carbocycles. The molecule has 1 nitrogen and oxygen atoms in total. The molecular formula is C49H33NS. The van der Waals surface area contributed by atoms with Crippen LogP contribution in [0, 0.1) is 6.92 Å². The molecule has 10 rings (SSSR count). The van der Waals surface area contributed by atoms with Gasteiger partial charge >= 0.3 is 0 Å². The van der Waals surface area contributed by atoms with Crippen LogP contribution in [-0.2, 0) is 0 Å². The van der Waals surface area contributed by atoms with E-state index in [-0.39, 0.29) is 0 Å². The number of benzene rings is 9. The van der Waals surface area contributed by atoms with Crippen molar-refractivity contribution in [2.24, 2.45) is 0 Å². The van der Waals surface area contributed by atoms with Crippen molar-refractivity contribution >= 4 is 80.9 Å². The molecule has 0 N–H and O–H groups in total. The maximum atomic E-state index is 2.43. The highest BCUT2D eigenvalue weighted by Crippen LogP contribution is 2.46. The predicted molar refractivity (Wildman–Crippen MR) is 222 cm³/mol. The molecule has 0 bridgehead atoms. The highest BCUT2D eigenvalue weighted by Gasteiger charge is 2.19. The number of thiophene rings is 1. The van der Waals surface area contributed by atoms with Crippen molar-refractivity contribution in [1.29, 1.82) is 0 Å². The van der Waals surface area contributed by atoms with Gasteiger partial charge in [0.25, 0.3) is 0 Å². The second-order valence-electron chi connectivity index (χ2n) is 13.3. The molecule has 0 saturated heterocycles. The van der Waals surface area contributed by atoms with Crippen LogP contribution in [-0.4, -0.2) is 0 Å². The van der Waals surface area contributed by atoms with E-state index in [0.29, 0.717) is 0 Å². The zero-order valence-corrected chi connectivity index (χ0v) is 29.0. The highest BCUT2D eigenvalue weighted by molar-refractivity contribution is 7.26. The summed E-state index contributed by atoms with van der Waals surface area (Å²) in [4.78, 5) is 2.43. The van der Waals surface area contributed by atoms with Gasteiger partial charge in [-0.2, -0.15) is 0 Å². The molecule has 240 valence electrons. The second kappa shape index (κ2) is 12.0. The van der Waals surface area contributed by atoms with Crippen molar-refractivity contribution in [2.45, 2.75) is 6.92 Å². The number of fused-ring (bicyclic) bond motifs is 9. The Hall–Kier alpha value is -6.22. The van der Waals surface area contributed by atoms with E-state index in [0.717, 1.165) is 11.4 Å². The first-order valence-corrected chi connectivity index (χ1v) is 18.3. The van der Waals surface area contributed by atoms with Crippen LogP contribution in [0.5, 0.6) is 0 Å². The fraction of sp³-hybridized carbons (Fsp3) is 0.0204. The Kier molecular flexibility index (Phi) is 6.97. The second-order valence-corrected chi connectivity index (χ2v) is 14.4. The van der Waals surface area contributed by atoms with Crippen molar-refractivity contribution in [1.82, 2.24) is 0 Å². The van der Waals surface area contributed by atoms with Crippen molar-refractivity contribution in [3.63, 3.8) is 0 Å². The molecule has 2 heteroatoms. The molecule has 0 aliphatic carbocycles. The monoisotopic (exact) mass is 667 g/mol. The smallest absolute Gasteiger partial charge is 0.0640 e. The third kappa shape index (κ3) is 4.83. The number of anilines is 3. The van der Waals surface area contributed by atoms with Gasteiger partial charge in [0.05, 0.1) is 10.4 Å². The number of hydrogen-bond acceptors (Lipinski definition) is 2. The van der Waals surface area contributed by atoms with Crippen LogP contribution in [0.25, 0.3) is 74.7 Å². The van der Waals surface area contributed by atoms with Crippen molar-refractivity contribution in [2.75, 3.05) is 4.90 Å². The van der Waals surface area contributed by atoms with Crippen LogP contribution in [0.4, 0.5) is 17.1 Å². The average molecular weight is 668 g/mol.